The van der Waals surface area contributed by atoms with Crippen LogP contribution in [0.2, 0.25) is 0 Å². The topological polar surface area (TPSA) is 90.3 Å². The van der Waals surface area contributed by atoms with Crippen molar-refractivity contribution < 1.29 is 24.5 Å². The van der Waals surface area contributed by atoms with E-state index in [2.05, 4.69) is 4.90 Å². The van der Waals surface area contributed by atoms with E-state index in [1.807, 2.05) is 61.5 Å². The molecular weight excluding hydrogens is 528 g/mol. The molecule has 2 saturated heterocycles. The third-order valence-corrected chi connectivity index (χ3v) is 7.91. The molecule has 2 N–H and O–H groups in total. The van der Waals surface area contributed by atoms with E-state index in [0.717, 1.165) is 42.7 Å². The maximum atomic E-state index is 13.6. The van der Waals surface area contributed by atoms with Crippen molar-refractivity contribution in [3.8, 4) is 11.5 Å². The average molecular weight is 561 g/mol. The van der Waals surface area contributed by atoms with Crippen LogP contribution in [0.3, 0.4) is 0 Å². The summed E-state index contributed by atoms with van der Waals surface area (Å²) in [5.41, 5.74) is 4.27. The zero-order valence-corrected chi connectivity index (χ0v) is 23.4. The Morgan fingerprint density at radius 3 is 2.26 bits per heavy atom. The lowest BCUT2D eigenvalue weighted by Crippen LogP contribution is -2.29. The Labute approximate surface area is 244 Å². The number of nitrogens with zero attached hydrogens (tertiary/aromatic N) is 2. The zero-order chi connectivity index (χ0) is 29.2. The molecule has 6 rings (SSSR count). The smallest absolute Gasteiger partial charge is 0.300 e. The van der Waals surface area contributed by atoms with E-state index in [0.29, 0.717) is 29.2 Å². The minimum absolute atomic E-state index is 0.00164. The highest BCUT2D eigenvalue weighted by Crippen LogP contribution is 2.43. The Hall–Kier alpha value is -5.04. The van der Waals surface area contributed by atoms with Crippen molar-refractivity contribution in [2.75, 3.05) is 22.9 Å². The van der Waals surface area contributed by atoms with Gasteiger partial charge in [-0.3, -0.25) is 14.5 Å². The minimum atomic E-state index is -0.927. The fourth-order valence-corrected chi connectivity index (χ4v) is 5.76. The second-order valence-electron chi connectivity index (χ2n) is 10.7. The van der Waals surface area contributed by atoms with E-state index >= 15 is 0 Å². The quantitative estimate of drug-likeness (QED) is 0.152. The first-order valence-corrected chi connectivity index (χ1v) is 14.1. The molecule has 0 aromatic heterocycles. The van der Waals surface area contributed by atoms with Crippen LogP contribution >= 0.6 is 0 Å². The van der Waals surface area contributed by atoms with Gasteiger partial charge < -0.3 is 19.8 Å². The van der Waals surface area contributed by atoms with E-state index in [9.17, 15) is 19.8 Å². The van der Waals surface area contributed by atoms with Gasteiger partial charge in [0.2, 0.25) is 0 Å². The van der Waals surface area contributed by atoms with Crippen molar-refractivity contribution in [2.24, 2.45) is 0 Å². The van der Waals surface area contributed by atoms with Gasteiger partial charge in [0.05, 0.1) is 11.6 Å². The normalized spacial score (nSPS) is 18.1. The number of aliphatic hydroxyl groups is 1. The van der Waals surface area contributed by atoms with E-state index in [4.69, 9.17) is 4.74 Å². The molecule has 1 unspecified atom stereocenters. The summed E-state index contributed by atoms with van der Waals surface area (Å²) in [5.74, 6) is -1.16. The largest absolute Gasteiger partial charge is 0.508 e. The number of carbonyl (C=O) groups excluding carboxylic acids is 2. The number of ketones is 1. The number of hydrogen-bond acceptors (Lipinski definition) is 6. The molecular formula is C35H32N2O5. The molecule has 2 fully saturated rings. The summed E-state index contributed by atoms with van der Waals surface area (Å²) in [4.78, 5) is 30.8. The number of amides is 1. The summed E-state index contributed by atoms with van der Waals surface area (Å²) in [6.45, 7) is 4.24. The molecule has 0 spiro atoms. The van der Waals surface area contributed by atoms with Crippen LogP contribution in [0.5, 0.6) is 11.5 Å². The SMILES string of the molecule is Cc1cc(/C(O)=C2/C(=O)C(=O)N(c3ccc(N4CCCC4)cc3)C2c2cccc(O)c2)ccc1OCc1ccccc1. The van der Waals surface area contributed by atoms with Gasteiger partial charge in [-0.15, -0.1) is 0 Å². The lowest BCUT2D eigenvalue weighted by atomic mass is 9.94. The maximum absolute atomic E-state index is 13.6. The predicted molar refractivity (Wildman–Crippen MR) is 163 cm³/mol. The van der Waals surface area contributed by atoms with Crippen molar-refractivity contribution >= 4 is 28.8 Å². The molecule has 2 aliphatic heterocycles. The van der Waals surface area contributed by atoms with Gasteiger partial charge in [-0.1, -0.05) is 42.5 Å². The summed E-state index contributed by atoms with van der Waals surface area (Å²) in [7, 11) is 0. The molecule has 0 aliphatic carbocycles. The van der Waals surface area contributed by atoms with Gasteiger partial charge in [0.15, 0.2) is 0 Å². The summed E-state index contributed by atoms with van der Waals surface area (Å²) in [5, 5.41) is 21.8. The predicted octanol–water partition coefficient (Wildman–Crippen LogP) is 6.51. The molecule has 1 atom stereocenters. The fraction of sp³-hybridized carbons (Fsp3) is 0.200. The molecule has 0 bridgehead atoms. The standard InChI is InChI=1S/C35H32N2O5/c1-23-20-26(12-17-30(23)42-22-24-8-3-2-4-9-24)33(39)31-32(25-10-7-11-29(38)21-25)37(35(41)34(31)40)28-15-13-27(14-16-28)36-18-5-6-19-36/h2-4,7-17,20-21,32,38-39H,5-6,18-19,22H2,1H3/b33-31-. The van der Waals surface area contributed by atoms with Crippen LogP contribution in [0.1, 0.15) is 41.1 Å². The Balaban J connectivity index is 1.37. The Morgan fingerprint density at radius 2 is 1.57 bits per heavy atom. The molecule has 212 valence electrons. The summed E-state index contributed by atoms with van der Waals surface area (Å²) < 4.78 is 5.99. The van der Waals surface area contributed by atoms with E-state index in [1.54, 1.807) is 30.3 Å². The van der Waals surface area contributed by atoms with E-state index in [-0.39, 0.29) is 17.1 Å². The summed E-state index contributed by atoms with van der Waals surface area (Å²) in [6, 6.07) is 28.1. The van der Waals surface area contributed by atoms with Crippen LogP contribution in [0.15, 0.2) is 103 Å². The van der Waals surface area contributed by atoms with Gasteiger partial charge in [0, 0.05) is 30.0 Å². The molecule has 7 heteroatoms. The lowest BCUT2D eigenvalue weighted by Gasteiger charge is -2.26. The zero-order valence-electron chi connectivity index (χ0n) is 23.4. The number of aromatic hydroxyl groups is 1. The minimum Gasteiger partial charge on any atom is -0.508 e. The Bertz CT molecular complexity index is 1660. The van der Waals surface area contributed by atoms with Gasteiger partial charge in [0.25, 0.3) is 11.7 Å². The van der Waals surface area contributed by atoms with Crippen LogP contribution in [-0.2, 0) is 16.2 Å². The van der Waals surface area contributed by atoms with E-state index in [1.165, 1.54) is 17.0 Å². The van der Waals surface area contributed by atoms with Crippen molar-refractivity contribution in [2.45, 2.75) is 32.4 Å². The fourth-order valence-electron chi connectivity index (χ4n) is 5.76. The number of carbonyl (C=O) groups is 2. The number of rotatable bonds is 7. The van der Waals surface area contributed by atoms with Crippen LogP contribution in [0, 0.1) is 6.92 Å². The highest BCUT2D eigenvalue weighted by Gasteiger charge is 2.47. The molecule has 4 aromatic rings. The molecule has 2 aliphatic rings. The first kappa shape index (κ1) is 27.1. The number of aryl methyl sites for hydroxylation is 1. The molecule has 0 saturated carbocycles. The lowest BCUT2D eigenvalue weighted by molar-refractivity contribution is -0.132. The van der Waals surface area contributed by atoms with Gasteiger partial charge in [-0.05, 0) is 91.1 Å². The third-order valence-electron chi connectivity index (χ3n) is 7.91. The van der Waals surface area contributed by atoms with Crippen molar-refractivity contribution in [1.82, 2.24) is 0 Å². The van der Waals surface area contributed by atoms with Crippen molar-refractivity contribution in [1.29, 1.82) is 0 Å². The highest BCUT2D eigenvalue weighted by atomic mass is 16.5. The molecule has 2 heterocycles. The average Bonchev–Trinajstić information content (AvgIpc) is 3.64. The van der Waals surface area contributed by atoms with Crippen LogP contribution in [-0.4, -0.2) is 35.0 Å². The second-order valence-corrected chi connectivity index (χ2v) is 10.7. The number of phenolic OH excluding ortho intramolecular Hbond substituents is 1. The van der Waals surface area contributed by atoms with Crippen LogP contribution in [0.25, 0.3) is 5.76 Å². The molecule has 0 radical (unpaired) electrons. The van der Waals surface area contributed by atoms with Gasteiger partial charge >= 0.3 is 0 Å². The second kappa shape index (κ2) is 11.4. The first-order valence-electron chi connectivity index (χ1n) is 14.1. The van der Waals surface area contributed by atoms with Gasteiger partial charge in [0.1, 0.15) is 23.9 Å². The number of hydrogen-bond donors (Lipinski definition) is 2. The highest BCUT2D eigenvalue weighted by molar-refractivity contribution is 6.51. The van der Waals surface area contributed by atoms with Crippen LogP contribution in [0.4, 0.5) is 11.4 Å². The number of Topliss-reactive ketones (excluding diaryl/α,β-unsaturated/α-hetero) is 1. The Morgan fingerprint density at radius 1 is 0.857 bits per heavy atom. The summed E-state index contributed by atoms with van der Waals surface area (Å²) >= 11 is 0. The molecule has 42 heavy (non-hydrogen) atoms. The number of phenols is 1. The van der Waals surface area contributed by atoms with Gasteiger partial charge in [-0.2, -0.15) is 0 Å². The molecule has 7 nitrogen and oxygen atoms in total. The third kappa shape index (κ3) is 5.21. The van der Waals surface area contributed by atoms with Gasteiger partial charge in [-0.25, -0.2) is 0 Å². The molecule has 1 amide bonds. The number of anilines is 2. The molecule has 4 aromatic carbocycles. The van der Waals surface area contributed by atoms with Crippen LogP contribution < -0.4 is 14.5 Å². The summed E-state index contributed by atoms with van der Waals surface area (Å²) in [6.07, 6.45) is 2.29. The van der Waals surface area contributed by atoms with Crippen molar-refractivity contribution in [3.63, 3.8) is 0 Å². The first-order chi connectivity index (χ1) is 20.4. The number of aliphatic hydroxyl groups excluding tert-OH is 1. The number of benzene rings is 4. The maximum Gasteiger partial charge on any atom is 0.300 e. The van der Waals surface area contributed by atoms with Crippen molar-refractivity contribution in [3.05, 3.63) is 125 Å². The van der Waals surface area contributed by atoms with E-state index < -0.39 is 17.7 Å². The number of ether oxygens (including phenoxy) is 1. The Kier molecular flexibility index (Phi) is 7.40. The monoisotopic (exact) mass is 560 g/mol.